The van der Waals surface area contributed by atoms with Crippen molar-refractivity contribution in [1.82, 2.24) is 19.8 Å². The molecule has 29 heavy (non-hydrogen) atoms. The van der Waals surface area contributed by atoms with Gasteiger partial charge in [0.15, 0.2) is 5.96 Å². The molecule has 3 fully saturated rings. The molecule has 4 rings (SSSR count). The van der Waals surface area contributed by atoms with Crippen molar-refractivity contribution in [3.8, 4) is 0 Å². The summed E-state index contributed by atoms with van der Waals surface area (Å²) in [5.74, 6) is 0.550. The molecule has 2 heterocycles. The van der Waals surface area contributed by atoms with Gasteiger partial charge >= 0.3 is 0 Å². The average Bonchev–Trinajstić information content (AvgIpc) is 3.43. The molecular formula is C19H29N5O4S. The first kappa shape index (κ1) is 20.3. The van der Waals surface area contributed by atoms with Crippen molar-refractivity contribution in [3.05, 3.63) is 12.2 Å². The van der Waals surface area contributed by atoms with Crippen molar-refractivity contribution in [2.75, 3.05) is 39.5 Å². The number of sulfonamides is 1. The Hall–Kier alpha value is -1.94. The molecule has 2 bridgehead atoms. The van der Waals surface area contributed by atoms with Crippen LogP contribution in [0.3, 0.4) is 0 Å². The Morgan fingerprint density at radius 1 is 1.17 bits per heavy atom. The number of fused-ring (bicyclic) bond motifs is 5. The Labute approximate surface area is 171 Å². The molecule has 0 spiro atoms. The van der Waals surface area contributed by atoms with Gasteiger partial charge in [0.1, 0.15) is 0 Å². The van der Waals surface area contributed by atoms with Gasteiger partial charge in [-0.3, -0.25) is 19.5 Å². The second-order valence-corrected chi connectivity index (χ2v) is 10.3. The molecule has 4 aliphatic rings. The van der Waals surface area contributed by atoms with Crippen LogP contribution in [0.4, 0.5) is 0 Å². The second kappa shape index (κ2) is 7.71. The molecule has 0 aromatic rings. The molecule has 1 saturated carbocycles. The van der Waals surface area contributed by atoms with Gasteiger partial charge in [-0.15, -0.1) is 0 Å². The van der Waals surface area contributed by atoms with Gasteiger partial charge < -0.3 is 10.6 Å². The minimum atomic E-state index is -3.21. The Bertz CT molecular complexity index is 825. The van der Waals surface area contributed by atoms with E-state index >= 15 is 0 Å². The van der Waals surface area contributed by atoms with Crippen LogP contribution in [0.1, 0.15) is 19.3 Å². The number of carbonyl (C=O) groups is 2. The molecular weight excluding hydrogens is 394 g/mol. The molecule has 0 aromatic carbocycles. The lowest BCUT2D eigenvalue weighted by atomic mass is 9.85. The molecule has 9 nitrogen and oxygen atoms in total. The third-order valence-electron chi connectivity index (χ3n) is 6.67. The van der Waals surface area contributed by atoms with Crippen LogP contribution in [0, 0.1) is 23.7 Å². The minimum Gasteiger partial charge on any atom is -0.355 e. The number of guanidine groups is 1. The second-order valence-electron chi connectivity index (χ2n) is 8.38. The van der Waals surface area contributed by atoms with Gasteiger partial charge in [-0.05, 0) is 31.1 Å². The van der Waals surface area contributed by atoms with Crippen LogP contribution < -0.4 is 10.6 Å². The Kier molecular flexibility index (Phi) is 5.41. The topological polar surface area (TPSA) is 111 Å². The van der Waals surface area contributed by atoms with Crippen molar-refractivity contribution in [2.24, 2.45) is 28.7 Å². The number of imide groups is 1. The summed E-state index contributed by atoms with van der Waals surface area (Å²) < 4.78 is 25.2. The fourth-order valence-corrected chi connectivity index (χ4v) is 6.54. The maximum Gasteiger partial charge on any atom is 0.233 e. The predicted molar refractivity (Wildman–Crippen MR) is 108 cm³/mol. The van der Waals surface area contributed by atoms with E-state index in [1.165, 1.54) is 15.5 Å². The molecule has 2 saturated heterocycles. The normalized spacial score (nSPS) is 34.3. The zero-order chi connectivity index (χ0) is 20.8. The smallest absolute Gasteiger partial charge is 0.233 e. The number of rotatable bonds is 6. The lowest BCUT2D eigenvalue weighted by Gasteiger charge is -2.23. The predicted octanol–water partition coefficient (Wildman–Crippen LogP) is -0.617. The Morgan fingerprint density at radius 2 is 1.83 bits per heavy atom. The van der Waals surface area contributed by atoms with E-state index in [4.69, 9.17) is 0 Å². The standard InChI is InChI=1S/C19H29N5O4S/c1-20-19(22-11-14-4-3-8-24(14)29(2,27)28)21-7-9-23-17(25)15-12-5-6-13(10-12)16(15)18(23)26/h5-6,12-16H,3-4,7-11H2,1-2H3,(H2,20,21,22)/t12?,13?,14-,15?,16?/m1/s1. The maximum absolute atomic E-state index is 12.7. The number of amides is 2. The zero-order valence-corrected chi connectivity index (χ0v) is 17.7. The molecule has 0 radical (unpaired) electrons. The Morgan fingerprint density at radius 3 is 2.41 bits per heavy atom. The van der Waals surface area contributed by atoms with Crippen molar-refractivity contribution in [3.63, 3.8) is 0 Å². The summed E-state index contributed by atoms with van der Waals surface area (Å²) >= 11 is 0. The molecule has 160 valence electrons. The monoisotopic (exact) mass is 423 g/mol. The highest BCUT2D eigenvalue weighted by Gasteiger charge is 2.58. The molecule has 2 aliphatic heterocycles. The summed E-state index contributed by atoms with van der Waals surface area (Å²) in [7, 11) is -1.57. The largest absolute Gasteiger partial charge is 0.355 e. The van der Waals surface area contributed by atoms with E-state index in [1.807, 2.05) is 0 Å². The summed E-state index contributed by atoms with van der Waals surface area (Å²) in [6.07, 6.45) is 8.01. The van der Waals surface area contributed by atoms with Crippen LogP contribution in [0.2, 0.25) is 0 Å². The van der Waals surface area contributed by atoms with Crippen LogP contribution in [-0.2, 0) is 19.6 Å². The number of nitrogens with zero attached hydrogens (tertiary/aromatic N) is 3. The van der Waals surface area contributed by atoms with Gasteiger partial charge in [-0.1, -0.05) is 12.2 Å². The quantitative estimate of drug-likeness (QED) is 0.255. The van der Waals surface area contributed by atoms with Crippen LogP contribution >= 0.6 is 0 Å². The highest BCUT2D eigenvalue weighted by molar-refractivity contribution is 7.88. The number of likely N-dealkylation sites (tertiary alicyclic amines) is 1. The first-order chi connectivity index (χ1) is 13.8. The Balaban J connectivity index is 1.26. The van der Waals surface area contributed by atoms with Crippen molar-refractivity contribution < 1.29 is 18.0 Å². The lowest BCUT2D eigenvalue weighted by Crippen LogP contribution is -2.48. The molecule has 2 aliphatic carbocycles. The minimum absolute atomic E-state index is 0.0450. The van der Waals surface area contributed by atoms with Crippen molar-refractivity contribution >= 4 is 27.8 Å². The number of nitrogens with one attached hydrogen (secondary N) is 2. The van der Waals surface area contributed by atoms with Gasteiger partial charge in [0, 0.05) is 39.3 Å². The van der Waals surface area contributed by atoms with E-state index in [-0.39, 0.29) is 41.5 Å². The average molecular weight is 424 g/mol. The highest BCUT2D eigenvalue weighted by Crippen LogP contribution is 2.52. The van der Waals surface area contributed by atoms with Gasteiger partial charge in [0.2, 0.25) is 21.8 Å². The number of carbonyl (C=O) groups excluding carboxylic acids is 2. The third kappa shape index (κ3) is 3.68. The van der Waals surface area contributed by atoms with Crippen LogP contribution in [0.25, 0.3) is 0 Å². The number of hydrogen-bond donors (Lipinski definition) is 2. The van der Waals surface area contributed by atoms with E-state index in [9.17, 15) is 18.0 Å². The summed E-state index contributed by atoms with van der Waals surface area (Å²) in [6, 6.07) is -0.0902. The third-order valence-corrected chi connectivity index (χ3v) is 8.00. The van der Waals surface area contributed by atoms with E-state index in [0.29, 0.717) is 32.1 Å². The first-order valence-corrected chi connectivity index (χ1v) is 12.1. The van der Waals surface area contributed by atoms with Crippen LogP contribution in [0.5, 0.6) is 0 Å². The molecule has 2 amide bonds. The molecule has 10 heteroatoms. The fourth-order valence-electron chi connectivity index (χ4n) is 5.36. The zero-order valence-electron chi connectivity index (χ0n) is 16.9. The number of hydrogen-bond acceptors (Lipinski definition) is 5. The van der Waals surface area contributed by atoms with Gasteiger partial charge in [-0.2, -0.15) is 4.31 Å². The van der Waals surface area contributed by atoms with Crippen LogP contribution in [0.15, 0.2) is 17.1 Å². The summed E-state index contributed by atoms with van der Waals surface area (Å²) in [6.45, 7) is 1.73. The fraction of sp³-hybridized carbons (Fsp3) is 0.737. The van der Waals surface area contributed by atoms with Crippen LogP contribution in [-0.4, -0.2) is 80.9 Å². The van der Waals surface area contributed by atoms with E-state index in [1.54, 1.807) is 7.05 Å². The van der Waals surface area contributed by atoms with E-state index < -0.39 is 10.0 Å². The molecule has 4 unspecified atom stereocenters. The number of aliphatic imine (C=N–C) groups is 1. The molecule has 2 N–H and O–H groups in total. The van der Waals surface area contributed by atoms with E-state index in [0.717, 1.165) is 19.3 Å². The summed E-state index contributed by atoms with van der Waals surface area (Å²) in [5, 5.41) is 6.29. The van der Waals surface area contributed by atoms with E-state index in [2.05, 4.69) is 27.8 Å². The van der Waals surface area contributed by atoms with Gasteiger partial charge in [-0.25, -0.2) is 8.42 Å². The number of allylic oxidation sites excluding steroid dienone is 2. The van der Waals surface area contributed by atoms with Gasteiger partial charge in [0.25, 0.3) is 0 Å². The first-order valence-electron chi connectivity index (χ1n) is 10.3. The highest BCUT2D eigenvalue weighted by atomic mass is 32.2. The SMILES string of the molecule is CN=C(NCCN1C(=O)C2C3C=CC(C3)C2C1=O)NC[C@H]1CCCN1S(C)(=O)=O. The lowest BCUT2D eigenvalue weighted by molar-refractivity contribution is -0.140. The van der Waals surface area contributed by atoms with Crippen molar-refractivity contribution in [2.45, 2.75) is 25.3 Å². The van der Waals surface area contributed by atoms with Crippen molar-refractivity contribution in [1.29, 1.82) is 0 Å². The molecule has 0 aromatic heterocycles. The summed E-state index contributed by atoms with van der Waals surface area (Å²) in [5.41, 5.74) is 0. The molecule has 5 atom stereocenters. The maximum atomic E-state index is 12.7. The summed E-state index contributed by atoms with van der Waals surface area (Å²) in [4.78, 5) is 30.9. The van der Waals surface area contributed by atoms with Gasteiger partial charge in [0.05, 0.1) is 18.1 Å².